The Hall–Kier alpha value is -3.10. The van der Waals surface area contributed by atoms with Gasteiger partial charge in [-0.25, -0.2) is 0 Å². The average molecular weight is 424 g/mol. The smallest absolute Gasteiger partial charge is 0.422 e. The maximum absolute atomic E-state index is 12.4. The van der Waals surface area contributed by atoms with Gasteiger partial charge in [0.2, 0.25) is 0 Å². The third-order valence-corrected chi connectivity index (χ3v) is 4.15. The van der Waals surface area contributed by atoms with Crippen LogP contribution in [0, 0.1) is 5.92 Å². The molecule has 0 aliphatic heterocycles. The number of Topliss-reactive ketones (excluding diaryl/α,β-unsaturated/α-hetero) is 1. The number of hydrogen-bond donors (Lipinski definition) is 1. The van der Waals surface area contributed by atoms with Gasteiger partial charge in [0.25, 0.3) is 5.91 Å². The normalized spacial score (nSPS) is 11.3. The molecule has 30 heavy (non-hydrogen) atoms. The first-order valence-electron chi connectivity index (χ1n) is 9.21. The zero-order chi connectivity index (χ0) is 22.3. The van der Waals surface area contributed by atoms with Crippen molar-refractivity contribution in [1.82, 2.24) is 10.3 Å². The molecular formula is C21H23F3N2O4. The summed E-state index contributed by atoms with van der Waals surface area (Å²) in [5.74, 6) is -0.378. The van der Waals surface area contributed by atoms with Crippen LogP contribution in [-0.2, 0) is 17.8 Å². The highest BCUT2D eigenvalue weighted by atomic mass is 19.4. The van der Waals surface area contributed by atoms with Crippen LogP contribution in [0.25, 0.3) is 0 Å². The van der Waals surface area contributed by atoms with Gasteiger partial charge in [-0.05, 0) is 29.8 Å². The molecule has 6 nitrogen and oxygen atoms in total. The van der Waals surface area contributed by atoms with Gasteiger partial charge in [-0.2, -0.15) is 13.2 Å². The minimum atomic E-state index is -4.46. The van der Waals surface area contributed by atoms with Crippen molar-refractivity contribution in [3.05, 3.63) is 53.3 Å². The van der Waals surface area contributed by atoms with Crippen LogP contribution in [0.3, 0.4) is 0 Å². The molecule has 0 saturated carbocycles. The summed E-state index contributed by atoms with van der Waals surface area (Å²) in [5, 5.41) is 2.72. The van der Waals surface area contributed by atoms with Crippen molar-refractivity contribution >= 4 is 11.7 Å². The Kier molecular flexibility index (Phi) is 7.79. The fraction of sp³-hybridized carbons (Fsp3) is 0.381. The first-order chi connectivity index (χ1) is 14.1. The van der Waals surface area contributed by atoms with E-state index in [2.05, 4.69) is 10.3 Å². The highest BCUT2D eigenvalue weighted by molar-refractivity contribution is 5.94. The molecule has 0 radical (unpaired) electrons. The van der Waals surface area contributed by atoms with Gasteiger partial charge in [0.15, 0.2) is 18.1 Å². The second kappa shape index (κ2) is 10.1. The molecule has 1 aromatic heterocycles. The zero-order valence-corrected chi connectivity index (χ0v) is 16.9. The molecule has 162 valence electrons. The van der Waals surface area contributed by atoms with Crippen LogP contribution in [0.5, 0.6) is 11.5 Å². The number of ketones is 1. The van der Waals surface area contributed by atoms with E-state index in [-0.39, 0.29) is 42.1 Å². The second-order valence-electron chi connectivity index (χ2n) is 6.91. The standard InChI is InChI=1S/C21H23F3N2O4/c1-13(2)17(27)10-16-9-15(6-7-25-16)20(28)26-11-14-4-5-18(19(8-14)29-3)30-12-21(22,23)24/h4-9,13H,10-12H2,1-3H3,(H,26,28). The number of benzene rings is 1. The molecule has 0 aliphatic carbocycles. The Labute approximate surface area is 172 Å². The van der Waals surface area contributed by atoms with Gasteiger partial charge in [0.05, 0.1) is 7.11 Å². The highest BCUT2D eigenvalue weighted by Gasteiger charge is 2.29. The summed E-state index contributed by atoms with van der Waals surface area (Å²) < 4.78 is 46.8. The van der Waals surface area contributed by atoms with E-state index in [1.807, 2.05) is 0 Å². The summed E-state index contributed by atoms with van der Waals surface area (Å²) >= 11 is 0. The monoisotopic (exact) mass is 424 g/mol. The molecule has 1 aromatic carbocycles. The predicted molar refractivity (Wildman–Crippen MR) is 104 cm³/mol. The molecule has 0 spiro atoms. The zero-order valence-electron chi connectivity index (χ0n) is 16.9. The maximum Gasteiger partial charge on any atom is 0.422 e. The van der Waals surface area contributed by atoms with Crippen molar-refractivity contribution in [2.45, 2.75) is 33.0 Å². The number of carbonyl (C=O) groups is 2. The molecule has 2 rings (SSSR count). The van der Waals surface area contributed by atoms with Crippen LogP contribution < -0.4 is 14.8 Å². The molecular weight excluding hydrogens is 401 g/mol. The van der Waals surface area contributed by atoms with E-state index in [9.17, 15) is 22.8 Å². The van der Waals surface area contributed by atoms with E-state index >= 15 is 0 Å². The lowest BCUT2D eigenvalue weighted by atomic mass is 10.0. The molecule has 1 heterocycles. The van der Waals surface area contributed by atoms with Gasteiger partial charge in [-0.1, -0.05) is 19.9 Å². The third-order valence-electron chi connectivity index (χ3n) is 4.15. The predicted octanol–water partition coefficient (Wildman–Crippen LogP) is 3.73. The van der Waals surface area contributed by atoms with Crippen LogP contribution in [0.15, 0.2) is 36.5 Å². The fourth-order valence-corrected chi connectivity index (χ4v) is 2.48. The lowest BCUT2D eigenvalue weighted by Gasteiger charge is -2.14. The van der Waals surface area contributed by atoms with E-state index in [1.165, 1.54) is 37.6 Å². The Morgan fingerprint density at radius 2 is 1.87 bits per heavy atom. The molecule has 9 heteroatoms. The number of amides is 1. The number of halogens is 3. The van der Waals surface area contributed by atoms with E-state index in [1.54, 1.807) is 19.9 Å². The highest BCUT2D eigenvalue weighted by Crippen LogP contribution is 2.29. The van der Waals surface area contributed by atoms with Crippen LogP contribution in [-0.4, -0.2) is 36.6 Å². The number of carbonyl (C=O) groups excluding carboxylic acids is 2. The minimum absolute atomic E-state index is 0.0278. The molecule has 0 fully saturated rings. The van der Waals surface area contributed by atoms with Gasteiger partial charge < -0.3 is 14.8 Å². The molecule has 0 atom stereocenters. The number of nitrogens with zero attached hydrogens (tertiary/aromatic N) is 1. The van der Waals surface area contributed by atoms with Crippen LogP contribution in [0.1, 0.15) is 35.5 Å². The van der Waals surface area contributed by atoms with Crippen molar-refractivity contribution in [3.8, 4) is 11.5 Å². The Bertz CT molecular complexity index is 898. The number of pyridine rings is 1. The summed E-state index contributed by atoms with van der Waals surface area (Å²) in [6.45, 7) is 2.29. The van der Waals surface area contributed by atoms with Crippen molar-refractivity contribution in [1.29, 1.82) is 0 Å². The van der Waals surface area contributed by atoms with Crippen molar-refractivity contribution in [3.63, 3.8) is 0 Å². The molecule has 0 unspecified atom stereocenters. The topological polar surface area (TPSA) is 77.5 Å². The van der Waals surface area contributed by atoms with Gasteiger partial charge in [0, 0.05) is 36.3 Å². The molecule has 2 aromatic rings. The molecule has 1 N–H and O–H groups in total. The number of aromatic nitrogens is 1. The Morgan fingerprint density at radius 1 is 1.13 bits per heavy atom. The molecule has 1 amide bonds. The van der Waals surface area contributed by atoms with E-state index in [0.717, 1.165) is 0 Å². The van der Waals surface area contributed by atoms with Gasteiger partial charge in [-0.15, -0.1) is 0 Å². The maximum atomic E-state index is 12.4. The lowest BCUT2D eigenvalue weighted by Crippen LogP contribution is -2.23. The summed E-state index contributed by atoms with van der Waals surface area (Å²) in [6, 6.07) is 7.48. The third kappa shape index (κ3) is 7.06. The Morgan fingerprint density at radius 3 is 2.50 bits per heavy atom. The number of hydrogen-bond acceptors (Lipinski definition) is 5. The summed E-state index contributed by atoms with van der Waals surface area (Å²) in [6.07, 6.45) is -2.84. The largest absolute Gasteiger partial charge is 0.493 e. The summed E-state index contributed by atoms with van der Waals surface area (Å²) in [7, 11) is 1.31. The lowest BCUT2D eigenvalue weighted by molar-refractivity contribution is -0.153. The fourth-order valence-electron chi connectivity index (χ4n) is 2.48. The summed E-state index contributed by atoms with van der Waals surface area (Å²) in [5.41, 5.74) is 1.48. The quantitative estimate of drug-likeness (QED) is 0.664. The first-order valence-corrected chi connectivity index (χ1v) is 9.21. The van der Waals surface area contributed by atoms with Crippen molar-refractivity contribution in [2.24, 2.45) is 5.92 Å². The van der Waals surface area contributed by atoms with E-state index < -0.39 is 12.8 Å². The van der Waals surface area contributed by atoms with E-state index in [0.29, 0.717) is 16.8 Å². The van der Waals surface area contributed by atoms with Gasteiger partial charge in [-0.3, -0.25) is 14.6 Å². The van der Waals surface area contributed by atoms with E-state index in [4.69, 9.17) is 9.47 Å². The number of methoxy groups -OCH3 is 1. The molecule has 0 aliphatic rings. The number of nitrogens with one attached hydrogen (secondary N) is 1. The van der Waals surface area contributed by atoms with Crippen LogP contribution in [0.2, 0.25) is 0 Å². The number of alkyl halides is 3. The van der Waals surface area contributed by atoms with Crippen LogP contribution in [0.4, 0.5) is 13.2 Å². The van der Waals surface area contributed by atoms with Gasteiger partial charge in [0.1, 0.15) is 5.78 Å². The van der Waals surface area contributed by atoms with Crippen LogP contribution >= 0.6 is 0 Å². The minimum Gasteiger partial charge on any atom is -0.493 e. The summed E-state index contributed by atoms with van der Waals surface area (Å²) in [4.78, 5) is 28.4. The Balaban J connectivity index is 2.01. The first kappa shape index (κ1) is 23.2. The van der Waals surface area contributed by atoms with Crippen molar-refractivity contribution in [2.75, 3.05) is 13.7 Å². The molecule has 0 bridgehead atoms. The number of ether oxygens (including phenoxy) is 2. The second-order valence-corrected chi connectivity index (χ2v) is 6.91. The van der Waals surface area contributed by atoms with Crippen molar-refractivity contribution < 1.29 is 32.2 Å². The number of rotatable bonds is 9. The SMILES string of the molecule is COc1cc(CNC(=O)c2ccnc(CC(=O)C(C)C)c2)ccc1OCC(F)(F)F. The van der Waals surface area contributed by atoms with Gasteiger partial charge >= 0.3 is 6.18 Å². The molecule has 0 saturated heterocycles. The average Bonchev–Trinajstić information content (AvgIpc) is 2.70.